The zero-order valence-corrected chi connectivity index (χ0v) is 20.2. The van der Waals surface area contributed by atoms with E-state index in [9.17, 15) is 9.90 Å². The number of benzene rings is 1. The van der Waals surface area contributed by atoms with Crippen LogP contribution in [0, 0.1) is 0 Å². The maximum atomic E-state index is 11.8. The van der Waals surface area contributed by atoms with Crippen LogP contribution in [0.4, 0.5) is 0 Å². The molecule has 8 bridgehead atoms. The van der Waals surface area contributed by atoms with E-state index in [1.165, 1.54) is 0 Å². The van der Waals surface area contributed by atoms with Crippen LogP contribution in [0.25, 0.3) is 23.3 Å². The van der Waals surface area contributed by atoms with Gasteiger partial charge in [-0.2, -0.15) is 0 Å². The molecule has 4 aromatic rings. The van der Waals surface area contributed by atoms with Crippen molar-refractivity contribution in [3.05, 3.63) is 147 Å². The van der Waals surface area contributed by atoms with Gasteiger partial charge in [-0.05, 0) is 96.1 Å². The van der Waals surface area contributed by atoms with Crippen molar-refractivity contribution in [1.82, 2.24) is 15.0 Å². The average Bonchev–Trinajstić information content (AvgIpc) is 3.72. The molecule has 0 spiro atoms. The first kappa shape index (κ1) is 21.9. The Morgan fingerprint density at radius 1 is 0.632 bits per heavy atom. The van der Waals surface area contributed by atoms with Crippen LogP contribution in [-0.4, -0.2) is 31.6 Å². The fourth-order valence-electron chi connectivity index (χ4n) is 5.00. The quantitative estimate of drug-likeness (QED) is 0.318. The first-order chi connectivity index (χ1) is 18.6. The summed E-state index contributed by atoms with van der Waals surface area (Å²) < 4.78 is 0. The fourth-order valence-corrected chi connectivity index (χ4v) is 5.00. The number of aliphatic imine (C=N–C) groups is 1. The van der Waals surface area contributed by atoms with E-state index in [0.717, 1.165) is 67.2 Å². The van der Waals surface area contributed by atoms with Gasteiger partial charge in [0.1, 0.15) is 5.75 Å². The van der Waals surface area contributed by atoms with Gasteiger partial charge >= 0.3 is 0 Å². The van der Waals surface area contributed by atoms with Crippen LogP contribution in [0.3, 0.4) is 0 Å². The van der Waals surface area contributed by atoms with Gasteiger partial charge in [0.05, 0.1) is 11.4 Å². The van der Waals surface area contributed by atoms with Gasteiger partial charge < -0.3 is 20.1 Å². The number of ketones is 1. The first-order valence-corrected chi connectivity index (χ1v) is 12.3. The number of H-pyrrole nitrogens is 3. The summed E-state index contributed by atoms with van der Waals surface area (Å²) in [5.74, 6) is 0.200. The van der Waals surface area contributed by atoms with E-state index >= 15 is 0 Å². The van der Waals surface area contributed by atoms with Crippen LogP contribution in [0.15, 0.2) is 113 Å². The number of nitrogens with zero attached hydrogens (tertiary/aromatic N) is 1. The maximum Gasteiger partial charge on any atom is 0.178 e. The second-order valence-corrected chi connectivity index (χ2v) is 9.35. The molecule has 182 valence electrons. The van der Waals surface area contributed by atoms with E-state index in [1.54, 1.807) is 24.3 Å². The molecule has 6 heteroatoms. The van der Waals surface area contributed by atoms with Crippen molar-refractivity contribution in [1.29, 1.82) is 0 Å². The zero-order valence-electron chi connectivity index (χ0n) is 20.2. The van der Waals surface area contributed by atoms with Crippen molar-refractivity contribution in [2.24, 2.45) is 4.99 Å². The van der Waals surface area contributed by atoms with Gasteiger partial charge in [0.2, 0.25) is 0 Å². The van der Waals surface area contributed by atoms with Gasteiger partial charge in [0.25, 0.3) is 0 Å². The number of carbonyl (C=O) groups is 1. The molecule has 3 aromatic heterocycles. The SMILES string of the molecule is O=C1C=CC(=C2C3=N/C(=C\c4ccc([nH]4)/C(c4ccc(O)cc4)=c4/cc/c([nH]4)=C/c4ccc2[nH]4)C=C3)C=C1. The third-order valence-corrected chi connectivity index (χ3v) is 6.76. The molecular formula is C32H22N4O2. The molecule has 0 saturated carbocycles. The van der Waals surface area contributed by atoms with Crippen LogP contribution in [0.1, 0.15) is 28.3 Å². The molecule has 0 amide bonds. The number of allylic oxidation sites excluding steroid dienone is 8. The van der Waals surface area contributed by atoms with E-state index in [1.807, 2.05) is 66.8 Å². The number of aromatic hydroxyl groups is 1. The Bertz CT molecular complexity index is 1910. The Labute approximate surface area is 217 Å². The summed E-state index contributed by atoms with van der Waals surface area (Å²) in [6.07, 6.45) is 14.9. The lowest BCUT2D eigenvalue weighted by molar-refractivity contribution is -0.110. The summed E-state index contributed by atoms with van der Waals surface area (Å²) >= 11 is 0. The van der Waals surface area contributed by atoms with E-state index in [4.69, 9.17) is 4.99 Å². The van der Waals surface area contributed by atoms with Crippen LogP contribution < -0.4 is 10.7 Å². The normalized spacial score (nSPS) is 19.8. The summed E-state index contributed by atoms with van der Waals surface area (Å²) in [7, 11) is 0. The molecule has 0 fully saturated rings. The topological polar surface area (TPSA) is 97.0 Å². The lowest BCUT2D eigenvalue weighted by Crippen LogP contribution is -2.14. The molecule has 2 aliphatic heterocycles. The van der Waals surface area contributed by atoms with Crippen LogP contribution in [0.2, 0.25) is 0 Å². The predicted molar refractivity (Wildman–Crippen MR) is 150 cm³/mol. The minimum atomic E-state index is -0.0267. The first-order valence-electron chi connectivity index (χ1n) is 12.3. The van der Waals surface area contributed by atoms with E-state index in [-0.39, 0.29) is 11.5 Å². The monoisotopic (exact) mass is 494 g/mol. The molecule has 5 heterocycles. The van der Waals surface area contributed by atoms with Crippen molar-refractivity contribution < 1.29 is 9.90 Å². The lowest BCUT2D eigenvalue weighted by atomic mass is 9.96. The van der Waals surface area contributed by atoms with Gasteiger partial charge in [-0.1, -0.05) is 24.3 Å². The van der Waals surface area contributed by atoms with E-state index in [0.29, 0.717) is 0 Å². The summed E-state index contributed by atoms with van der Waals surface area (Å²) in [6.45, 7) is 0. The summed E-state index contributed by atoms with van der Waals surface area (Å²) in [6, 6.07) is 19.5. The van der Waals surface area contributed by atoms with Crippen LogP contribution in [0.5, 0.6) is 5.75 Å². The van der Waals surface area contributed by atoms with E-state index in [2.05, 4.69) is 33.2 Å². The lowest BCUT2D eigenvalue weighted by Gasteiger charge is -2.10. The van der Waals surface area contributed by atoms with Gasteiger partial charge in [-0.25, -0.2) is 4.99 Å². The van der Waals surface area contributed by atoms with E-state index < -0.39 is 0 Å². The largest absolute Gasteiger partial charge is 0.508 e. The molecule has 3 aliphatic rings. The van der Waals surface area contributed by atoms with Gasteiger partial charge in [-0.3, -0.25) is 4.79 Å². The highest BCUT2D eigenvalue weighted by atomic mass is 16.3. The predicted octanol–water partition coefficient (Wildman–Crippen LogP) is 4.27. The minimum absolute atomic E-state index is 0.0267. The molecule has 0 saturated heterocycles. The van der Waals surface area contributed by atoms with Gasteiger partial charge in [0.15, 0.2) is 5.78 Å². The standard InChI is InChI=1S/C32H22N4O2/c37-25-9-1-19(2-10-25)31-27-13-5-21(33-27)17-23-7-15-29(35-23)32(20-3-11-26(38)12-4-20)30-16-8-24(36-30)18-22-6-14-28(31)34-22/h1-18,33-35,37H/b21-17-,24-18-,31-27-. The number of rotatable bonds is 1. The molecule has 0 unspecified atom stereocenters. The number of carbonyl (C=O) groups excluding carboxylic acids is 1. The Balaban J connectivity index is 1.48. The molecule has 6 nitrogen and oxygen atoms in total. The zero-order chi connectivity index (χ0) is 25.6. The molecule has 38 heavy (non-hydrogen) atoms. The number of phenols is 1. The number of hydrogen-bond acceptors (Lipinski definition) is 3. The number of aromatic nitrogens is 3. The Morgan fingerprint density at radius 3 is 2.11 bits per heavy atom. The van der Waals surface area contributed by atoms with Crippen molar-refractivity contribution in [2.75, 3.05) is 0 Å². The number of fused-ring (bicyclic) bond motifs is 7. The van der Waals surface area contributed by atoms with Crippen LogP contribution in [-0.2, 0) is 4.79 Å². The molecule has 7 rings (SSSR count). The van der Waals surface area contributed by atoms with Crippen molar-refractivity contribution >= 4 is 34.8 Å². The van der Waals surface area contributed by atoms with Crippen LogP contribution >= 0.6 is 0 Å². The Kier molecular flexibility index (Phi) is 4.97. The number of nitrogens with one attached hydrogen (secondary N) is 3. The number of aromatic amines is 3. The van der Waals surface area contributed by atoms with Crippen molar-refractivity contribution in [3.8, 4) is 5.75 Å². The molecule has 4 N–H and O–H groups in total. The Morgan fingerprint density at radius 2 is 1.34 bits per heavy atom. The smallest absolute Gasteiger partial charge is 0.178 e. The average molecular weight is 495 g/mol. The third-order valence-electron chi connectivity index (χ3n) is 6.76. The highest BCUT2D eigenvalue weighted by Crippen LogP contribution is 2.29. The minimum Gasteiger partial charge on any atom is -0.508 e. The summed E-state index contributed by atoms with van der Waals surface area (Å²) in [5, 5.41) is 11.7. The molecule has 0 atom stereocenters. The number of phenolic OH excluding ortho intramolecular Hbond substituents is 1. The molecule has 1 aromatic carbocycles. The summed E-state index contributed by atoms with van der Waals surface area (Å²) in [4.78, 5) is 27.3. The Hall–Kier alpha value is -5.36. The van der Waals surface area contributed by atoms with Gasteiger partial charge in [0, 0.05) is 44.6 Å². The highest BCUT2D eigenvalue weighted by Gasteiger charge is 2.18. The fraction of sp³-hybridized carbons (Fsp3) is 0. The second kappa shape index (κ2) is 8.64. The second-order valence-electron chi connectivity index (χ2n) is 9.35. The molecular weight excluding hydrogens is 472 g/mol. The molecule has 1 aliphatic carbocycles. The third kappa shape index (κ3) is 3.94. The highest BCUT2D eigenvalue weighted by molar-refractivity contribution is 6.32. The number of hydrogen-bond donors (Lipinski definition) is 4. The maximum absolute atomic E-state index is 11.8. The summed E-state index contributed by atoms with van der Waals surface area (Å²) in [5.41, 5.74) is 9.18. The van der Waals surface area contributed by atoms with Gasteiger partial charge in [-0.15, -0.1) is 0 Å². The van der Waals surface area contributed by atoms with Crippen molar-refractivity contribution in [2.45, 2.75) is 0 Å². The van der Waals surface area contributed by atoms with Crippen molar-refractivity contribution in [3.63, 3.8) is 0 Å². The molecule has 0 radical (unpaired) electrons.